The van der Waals surface area contributed by atoms with E-state index >= 15 is 0 Å². The number of urea groups is 1. The van der Waals surface area contributed by atoms with Crippen molar-refractivity contribution < 1.29 is 32.6 Å². The number of carbonyl (C=O) groups excluding carboxylic acids is 3. The molecule has 0 spiro atoms. The minimum atomic E-state index is -4.18. The maximum absolute atomic E-state index is 12.4. The first-order valence-corrected chi connectivity index (χ1v) is 10.3. The topological polar surface area (TPSA) is 151 Å². The summed E-state index contributed by atoms with van der Waals surface area (Å²) >= 11 is 5.71. The molecule has 1 aromatic rings. The highest BCUT2D eigenvalue weighted by atomic mass is 35.5. The predicted molar refractivity (Wildman–Crippen MR) is 105 cm³/mol. The Bertz CT molecular complexity index is 849. The Labute approximate surface area is 174 Å². The fourth-order valence-electron chi connectivity index (χ4n) is 1.95. The monoisotopic (exact) mass is 449 g/mol. The molecule has 2 atom stereocenters. The molecule has 3 amide bonds. The molecule has 0 aromatic heterocycles. The van der Waals surface area contributed by atoms with Crippen LogP contribution >= 0.6 is 11.6 Å². The van der Waals surface area contributed by atoms with E-state index in [0.717, 1.165) is 0 Å². The molecule has 0 saturated carbocycles. The minimum Gasteiger partial charge on any atom is -0.454 e. The van der Waals surface area contributed by atoms with E-state index in [4.69, 9.17) is 16.3 Å². The van der Waals surface area contributed by atoms with Crippen molar-refractivity contribution >= 4 is 39.5 Å². The van der Waals surface area contributed by atoms with Crippen LogP contribution in [0, 0.1) is 0 Å². The smallest absolute Gasteiger partial charge is 0.327 e. The first kappa shape index (κ1) is 24.8. The summed E-state index contributed by atoms with van der Waals surface area (Å²) in [4.78, 5) is 35.3. The number of nitrogens with one attached hydrogen (secondary N) is 3. The van der Waals surface area contributed by atoms with Gasteiger partial charge in [0.25, 0.3) is 5.91 Å². The molecule has 10 nitrogen and oxygen atoms in total. The van der Waals surface area contributed by atoms with Gasteiger partial charge in [-0.25, -0.2) is 13.2 Å². The van der Waals surface area contributed by atoms with Gasteiger partial charge in [-0.2, -0.15) is 4.72 Å². The molecule has 1 rings (SSSR count). The molecule has 0 radical (unpaired) electrons. The quantitative estimate of drug-likeness (QED) is 0.443. The number of rotatable bonds is 7. The second-order valence-corrected chi connectivity index (χ2v) is 9.30. The van der Waals surface area contributed by atoms with Crippen LogP contribution in [-0.4, -0.2) is 55.7 Å². The zero-order valence-corrected chi connectivity index (χ0v) is 17.9. The van der Waals surface area contributed by atoms with E-state index in [9.17, 15) is 27.9 Å². The lowest BCUT2D eigenvalue weighted by atomic mass is 10.1. The Hall–Kier alpha value is -2.21. The molecule has 0 bridgehead atoms. The maximum Gasteiger partial charge on any atom is 0.327 e. The van der Waals surface area contributed by atoms with E-state index in [2.05, 4.69) is 5.32 Å². The summed E-state index contributed by atoms with van der Waals surface area (Å²) in [7, 11) is -4.18. The lowest BCUT2D eigenvalue weighted by molar-refractivity contribution is -0.152. The Kier molecular flexibility index (Phi) is 8.57. The molecule has 4 N–H and O–H groups in total. The van der Waals surface area contributed by atoms with E-state index in [-0.39, 0.29) is 4.90 Å². The first-order chi connectivity index (χ1) is 13.2. The number of benzene rings is 1. The number of amides is 3. The van der Waals surface area contributed by atoms with E-state index in [0.29, 0.717) is 5.02 Å². The highest BCUT2D eigenvalue weighted by Crippen LogP contribution is 2.15. The third kappa shape index (κ3) is 8.77. The lowest BCUT2D eigenvalue weighted by Gasteiger charge is -2.21. The van der Waals surface area contributed by atoms with E-state index in [1.54, 1.807) is 20.8 Å². The van der Waals surface area contributed by atoms with Crippen LogP contribution in [0.3, 0.4) is 0 Å². The second-order valence-electron chi connectivity index (χ2n) is 7.15. The van der Waals surface area contributed by atoms with Crippen LogP contribution in [0.2, 0.25) is 5.02 Å². The van der Waals surface area contributed by atoms with Crippen LogP contribution in [0.4, 0.5) is 4.79 Å². The molecule has 0 fully saturated rings. The third-order valence-corrected chi connectivity index (χ3v) is 4.94. The van der Waals surface area contributed by atoms with Gasteiger partial charge in [0.05, 0.1) is 11.0 Å². The van der Waals surface area contributed by atoms with Crippen molar-refractivity contribution in [2.45, 2.75) is 50.3 Å². The fraction of sp³-hybridized carbons (Fsp3) is 0.471. The van der Waals surface area contributed by atoms with Gasteiger partial charge in [-0.15, -0.1) is 0 Å². The second kappa shape index (κ2) is 10.0. The Balaban J connectivity index is 2.72. The number of carbonyl (C=O) groups is 3. The van der Waals surface area contributed by atoms with Gasteiger partial charge < -0.3 is 15.2 Å². The number of imide groups is 1. The normalized spacial score (nSPS) is 13.9. The number of aliphatic hydroxyl groups excluding tert-OH is 1. The minimum absolute atomic E-state index is 0.183. The number of aliphatic hydroxyl groups is 1. The number of sulfonamides is 1. The van der Waals surface area contributed by atoms with Crippen LogP contribution in [0.15, 0.2) is 29.2 Å². The van der Waals surface area contributed by atoms with Crippen LogP contribution in [0.5, 0.6) is 0 Å². The molecule has 29 heavy (non-hydrogen) atoms. The third-order valence-electron chi connectivity index (χ3n) is 3.23. The number of hydrogen-bond donors (Lipinski definition) is 4. The molecular weight excluding hydrogens is 426 g/mol. The van der Waals surface area contributed by atoms with Crippen molar-refractivity contribution in [2.24, 2.45) is 0 Å². The summed E-state index contributed by atoms with van der Waals surface area (Å²) in [6, 6.07) is 2.67. The van der Waals surface area contributed by atoms with Gasteiger partial charge in [0.2, 0.25) is 10.0 Å². The zero-order valence-electron chi connectivity index (χ0n) is 16.4. The van der Waals surface area contributed by atoms with Gasteiger partial charge in [-0.3, -0.25) is 14.9 Å². The molecule has 0 aliphatic rings. The van der Waals surface area contributed by atoms with Crippen molar-refractivity contribution in [3.63, 3.8) is 0 Å². The summed E-state index contributed by atoms with van der Waals surface area (Å²) in [5.41, 5.74) is -0.585. The summed E-state index contributed by atoms with van der Waals surface area (Å²) < 4.78 is 31.5. The van der Waals surface area contributed by atoms with Crippen molar-refractivity contribution in [3.05, 3.63) is 29.3 Å². The Morgan fingerprint density at radius 2 is 1.72 bits per heavy atom. The number of esters is 1. The fourth-order valence-corrected chi connectivity index (χ4v) is 3.34. The van der Waals surface area contributed by atoms with Crippen molar-refractivity contribution in [1.82, 2.24) is 15.4 Å². The van der Waals surface area contributed by atoms with Gasteiger partial charge in [-0.05, 0) is 52.0 Å². The predicted octanol–water partition coefficient (Wildman–Crippen LogP) is 0.535. The zero-order chi connectivity index (χ0) is 22.4. The number of hydrogen-bond acceptors (Lipinski definition) is 7. The van der Waals surface area contributed by atoms with Gasteiger partial charge in [-0.1, -0.05) is 11.6 Å². The molecule has 0 saturated heterocycles. The standard InChI is InChI=1S/C17H24ClN3O7S/c1-10(22)14(21-29(26,27)12-7-5-11(18)6-8-12)15(24)28-9-13(23)19-16(25)20-17(2,3)4/h5-8,10,14,21-22H,9H2,1-4H3,(H2,19,20,23,25)/t10-,14+/m1/s1. The van der Waals surface area contributed by atoms with E-state index in [1.165, 1.54) is 31.2 Å². The molecule has 0 aliphatic heterocycles. The van der Waals surface area contributed by atoms with Crippen molar-refractivity contribution in [2.75, 3.05) is 6.61 Å². The van der Waals surface area contributed by atoms with Gasteiger partial charge in [0.1, 0.15) is 6.04 Å². The van der Waals surface area contributed by atoms with Crippen LogP contribution < -0.4 is 15.4 Å². The largest absolute Gasteiger partial charge is 0.454 e. The molecule has 0 unspecified atom stereocenters. The highest BCUT2D eigenvalue weighted by Gasteiger charge is 2.31. The maximum atomic E-state index is 12.4. The molecule has 0 heterocycles. The van der Waals surface area contributed by atoms with Crippen LogP contribution in [0.1, 0.15) is 27.7 Å². The van der Waals surface area contributed by atoms with Gasteiger partial charge >= 0.3 is 12.0 Å². The molecular formula is C17H24ClN3O7S. The van der Waals surface area contributed by atoms with Crippen LogP contribution in [0.25, 0.3) is 0 Å². The Morgan fingerprint density at radius 1 is 1.17 bits per heavy atom. The van der Waals surface area contributed by atoms with Crippen molar-refractivity contribution in [1.29, 1.82) is 0 Å². The molecule has 1 aromatic carbocycles. The first-order valence-electron chi connectivity index (χ1n) is 8.46. The summed E-state index contributed by atoms with van der Waals surface area (Å²) in [5, 5.41) is 14.5. The summed E-state index contributed by atoms with van der Waals surface area (Å²) in [6.45, 7) is 5.45. The number of ether oxygens (including phenoxy) is 1. The molecule has 12 heteroatoms. The Morgan fingerprint density at radius 3 is 2.21 bits per heavy atom. The van der Waals surface area contributed by atoms with Crippen LogP contribution in [-0.2, 0) is 24.3 Å². The van der Waals surface area contributed by atoms with Gasteiger partial charge in [0.15, 0.2) is 6.61 Å². The van der Waals surface area contributed by atoms with E-state index in [1.807, 2.05) is 10.0 Å². The lowest BCUT2D eigenvalue weighted by Crippen LogP contribution is -2.51. The molecule has 162 valence electrons. The summed E-state index contributed by atoms with van der Waals surface area (Å²) in [6.07, 6.45) is -1.46. The number of halogens is 1. The van der Waals surface area contributed by atoms with E-state index < -0.39 is 52.2 Å². The highest BCUT2D eigenvalue weighted by molar-refractivity contribution is 7.89. The average molecular weight is 450 g/mol. The SMILES string of the molecule is C[C@@H](O)[C@H](NS(=O)(=O)c1ccc(Cl)cc1)C(=O)OCC(=O)NC(=O)NC(C)(C)C. The van der Waals surface area contributed by atoms with Crippen molar-refractivity contribution in [3.8, 4) is 0 Å². The summed E-state index contributed by atoms with van der Waals surface area (Å²) in [5.74, 6) is -2.12. The molecule has 0 aliphatic carbocycles. The van der Waals surface area contributed by atoms with Gasteiger partial charge in [0, 0.05) is 10.6 Å². The average Bonchev–Trinajstić information content (AvgIpc) is 2.56.